The molecule has 112 valence electrons. The average molecular weight is 326 g/mol. The zero-order valence-corrected chi connectivity index (χ0v) is 13.6. The Labute approximate surface area is 135 Å². The van der Waals surface area contributed by atoms with Gasteiger partial charge in [0.25, 0.3) is 0 Å². The summed E-state index contributed by atoms with van der Waals surface area (Å²) in [5.41, 5.74) is 2.73. The van der Waals surface area contributed by atoms with Gasteiger partial charge in [-0.1, -0.05) is 42.3 Å². The molecule has 0 saturated carbocycles. The molecule has 21 heavy (non-hydrogen) atoms. The largest absolute Gasteiger partial charge is 0.306 e. The fourth-order valence-electron chi connectivity index (χ4n) is 2.35. The van der Waals surface area contributed by atoms with Crippen molar-refractivity contribution in [3.63, 3.8) is 0 Å². The second kappa shape index (κ2) is 7.26. The molecule has 4 heteroatoms. The maximum absolute atomic E-state index is 13.6. The highest BCUT2D eigenvalue weighted by Gasteiger charge is 2.19. The van der Waals surface area contributed by atoms with Gasteiger partial charge in [-0.15, -0.1) is 0 Å². The Balaban J connectivity index is 2.52. The smallest absolute Gasteiger partial charge is 0.123 e. The molecule has 0 aromatic heterocycles. The van der Waals surface area contributed by atoms with Crippen LogP contribution in [0.3, 0.4) is 0 Å². The van der Waals surface area contributed by atoms with Crippen molar-refractivity contribution in [3.05, 3.63) is 69.0 Å². The zero-order chi connectivity index (χ0) is 15.4. The summed E-state index contributed by atoms with van der Waals surface area (Å²) < 4.78 is 13.6. The monoisotopic (exact) mass is 325 g/mol. The van der Waals surface area contributed by atoms with E-state index in [-0.39, 0.29) is 11.9 Å². The van der Waals surface area contributed by atoms with E-state index in [0.29, 0.717) is 10.0 Å². The summed E-state index contributed by atoms with van der Waals surface area (Å²) in [5, 5.41) is 4.67. The first-order valence-electron chi connectivity index (χ1n) is 6.98. The third-order valence-corrected chi connectivity index (χ3v) is 4.24. The van der Waals surface area contributed by atoms with Gasteiger partial charge in [0, 0.05) is 10.0 Å². The highest BCUT2D eigenvalue weighted by molar-refractivity contribution is 6.32. The Hall–Kier alpha value is -1.09. The Morgan fingerprint density at radius 3 is 2.57 bits per heavy atom. The molecule has 2 rings (SSSR count). The lowest BCUT2D eigenvalue weighted by Gasteiger charge is -2.23. The molecule has 0 aliphatic rings. The molecule has 0 aliphatic carbocycles. The summed E-state index contributed by atoms with van der Waals surface area (Å²) in [4.78, 5) is 0. The summed E-state index contributed by atoms with van der Waals surface area (Å²) in [6, 6.07) is 10.0. The SMILES string of the molecule is CCCNC(c1cc(F)ccc1Cl)c1cccc(Cl)c1C. The number of hydrogen-bond donors (Lipinski definition) is 1. The van der Waals surface area contributed by atoms with Gasteiger partial charge < -0.3 is 5.32 Å². The van der Waals surface area contributed by atoms with E-state index in [2.05, 4.69) is 12.2 Å². The van der Waals surface area contributed by atoms with Crippen molar-refractivity contribution in [1.29, 1.82) is 0 Å². The van der Waals surface area contributed by atoms with Crippen LogP contribution < -0.4 is 5.32 Å². The van der Waals surface area contributed by atoms with E-state index in [0.717, 1.165) is 29.7 Å². The van der Waals surface area contributed by atoms with E-state index in [1.165, 1.54) is 12.1 Å². The van der Waals surface area contributed by atoms with E-state index in [1.807, 2.05) is 25.1 Å². The van der Waals surface area contributed by atoms with Crippen LogP contribution >= 0.6 is 23.2 Å². The van der Waals surface area contributed by atoms with E-state index in [9.17, 15) is 4.39 Å². The van der Waals surface area contributed by atoms with Crippen LogP contribution in [0.4, 0.5) is 4.39 Å². The molecule has 0 fully saturated rings. The van der Waals surface area contributed by atoms with Gasteiger partial charge in [0.1, 0.15) is 5.82 Å². The van der Waals surface area contributed by atoms with Crippen LogP contribution in [0.5, 0.6) is 0 Å². The lowest BCUT2D eigenvalue weighted by Crippen LogP contribution is -2.24. The molecule has 1 nitrogen and oxygen atoms in total. The van der Waals surface area contributed by atoms with Crippen molar-refractivity contribution in [2.45, 2.75) is 26.3 Å². The van der Waals surface area contributed by atoms with E-state index in [4.69, 9.17) is 23.2 Å². The highest BCUT2D eigenvalue weighted by Crippen LogP contribution is 2.33. The van der Waals surface area contributed by atoms with Crippen LogP contribution in [0.1, 0.15) is 36.1 Å². The molecule has 0 amide bonds. The zero-order valence-electron chi connectivity index (χ0n) is 12.1. The molecular formula is C17H18Cl2FN. The third kappa shape index (κ3) is 3.76. The predicted molar refractivity (Wildman–Crippen MR) is 87.7 cm³/mol. The van der Waals surface area contributed by atoms with Crippen molar-refractivity contribution in [1.82, 2.24) is 5.32 Å². The van der Waals surface area contributed by atoms with Gasteiger partial charge in [0.05, 0.1) is 6.04 Å². The molecule has 0 aliphatic heterocycles. The summed E-state index contributed by atoms with van der Waals surface area (Å²) >= 11 is 12.5. The normalized spacial score (nSPS) is 12.4. The Morgan fingerprint density at radius 1 is 1.10 bits per heavy atom. The Bertz CT molecular complexity index is 626. The first kappa shape index (κ1) is 16.3. The number of nitrogens with one attached hydrogen (secondary N) is 1. The molecule has 1 atom stereocenters. The van der Waals surface area contributed by atoms with Crippen molar-refractivity contribution < 1.29 is 4.39 Å². The molecular weight excluding hydrogens is 308 g/mol. The minimum atomic E-state index is -0.294. The van der Waals surface area contributed by atoms with Gasteiger partial charge in [-0.3, -0.25) is 0 Å². The molecule has 1 unspecified atom stereocenters. The number of hydrogen-bond acceptors (Lipinski definition) is 1. The van der Waals surface area contributed by atoms with E-state index in [1.54, 1.807) is 6.07 Å². The van der Waals surface area contributed by atoms with Gasteiger partial charge in [0.15, 0.2) is 0 Å². The van der Waals surface area contributed by atoms with Gasteiger partial charge in [-0.25, -0.2) is 4.39 Å². The second-order valence-corrected chi connectivity index (χ2v) is 5.82. The van der Waals surface area contributed by atoms with Gasteiger partial charge in [-0.05, 0) is 60.8 Å². The van der Waals surface area contributed by atoms with Crippen molar-refractivity contribution >= 4 is 23.2 Å². The summed E-state index contributed by atoms with van der Waals surface area (Å²) in [6.45, 7) is 4.86. The van der Waals surface area contributed by atoms with Crippen LogP contribution in [0.15, 0.2) is 36.4 Å². The summed E-state index contributed by atoms with van der Waals surface area (Å²) in [6.07, 6.45) is 0.975. The molecule has 2 aromatic carbocycles. The molecule has 1 N–H and O–H groups in total. The first-order chi connectivity index (χ1) is 10.0. The number of rotatable bonds is 5. The Morgan fingerprint density at radius 2 is 1.86 bits per heavy atom. The summed E-state index contributed by atoms with van der Waals surface area (Å²) in [7, 11) is 0. The maximum atomic E-state index is 13.6. The average Bonchev–Trinajstić information content (AvgIpc) is 2.47. The summed E-state index contributed by atoms with van der Waals surface area (Å²) in [5.74, 6) is -0.294. The standard InChI is InChI=1S/C17H18Cl2FN/c1-3-9-21-17(13-5-4-6-15(18)11(13)2)14-10-12(20)7-8-16(14)19/h4-8,10,17,21H,3,9H2,1-2H3. The van der Waals surface area contributed by atoms with Gasteiger partial charge in [0.2, 0.25) is 0 Å². The number of halogens is 3. The molecule has 2 aromatic rings. The minimum absolute atomic E-state index is 0.174. The lowest BCUT2D eigenvalue weighted by atomic mass is 9.94. The number of benzene rings is 2. The second-order valence-electron chi connectivity index (χ2n) is 5.01. The fraction of sp³-hybridized carbons (Fsp3) is 0.294. The highest BCUT2D eigenvalue weighted by atomic mass is 35.5. The maximum Gasteiger partial charge on any atom is 0.123 e. The van der Waals surface area contributed by atoms with Crippen LogP contribution in [0.2, 0.25) is 10.0 Å². The predicted octanol–water partition coefficient (Wildman–Crippen LogP) is 5.53. The van der Waals surface area contributed by atoms with E-state index >= 15 is 0 Å². The van der Waals surface area contributed by atoms with Crippen molar-refractivity contribution in [3.8, 4) is 0 Å². The van der Waals surface area contributed by atoms with Crippen LogP contribution in [-0.4, -0.2) is 6.54 Å². The van der Waals surface area contributed by atoms with Crippen LogP contribution in [0.25, 0.3) is 0 Å². The molecule has 0 radical (unpaired) electrons. The molecule has 0 bridgehead atoms. The van der Waals surface area contributed by atoms with Gasteiger partial charge in [-0.2, -0.15) is 0 Å². The van der Waals surface area contributed by atoms with E-state index < -0.39 is 0 Å². The van der Waals surface area contributed by atoms with Crippen LogP contribution in [0, 0.1) is 12.7 Å². The molecule has 0 spiro atoms. The quantitative estimate of drug-likeness (QED) is 0.762. The Kier molecular flexibility index (Phi) is 5.63. The lowest BCUT2D eigenvalue weighted by molar-refractivity contribution is 0.584. The molecule has 0 heterocycles. The van der Waals surface area contributed by atoms with Crippen molar-refractivity contribution in [2.24, 2.45) is 0 Å². The van der Waals surface area contributed by atoms with Crippen LogP contribution in [-0.2, 0) is 0 Å². The van der Waals surface area contributed by atoms with Crippen molar-refractivity contribution in [2.75, 3.05) is 6.54 Å². The third-order valence-electron chi connectivity index (χ3n) is 3.49. The molecule has 0 saturated heterocycles. The topological polar surface area (TPSA) is 12.0 Å². The van der Waals surface area contributed by atoms with Gasteiger partial charge >= 0.3 is 0 Å². The fourth-order valence-corrected chi connectivity index (χ4v) is 2.76. The minimum Gasteiger partial charge on any atom is -0.306 e. The first-order valence-corrected chi connectivity index (χ1v) is 7.73.